The Morgan fingerprint density at radius 3 is 2.85 bits per heavy atom. The molecule has 0 saturated carbocycles. The molecule has 0 saturated heterocycles. The highest BCUT2D eigenvalue weighted by atomic mass is 32.1. The third-order valence-electron chi connectivity index (χ3n) is 2.78. The Balaban J connectivity index is 2.15. The first-order valence-electron chi connectivity index (χ1n) is 6.27. The average Bonchev–Trinajstić information content (AvgIpc) is 2.89. The first-order valence-corrected chi connectivity index (χ1v) is 7.09. The lowest BCUT2D eigenvalue weighted by atomic mass is 10.1. The number of nitrogens with two attached hydrogens (primary N) is 1. The van der Waals surface area contributed by atoms with E-state index in [9.17, 15) is 4.79 Å². The Morgan fingerprint density at radius 1 is 1.30 bits per heavy atom. The Kier molecular flexibility index (Phi) is 4.57. The fourth-order valence-electron chi connectivity index (χ4n) is 1.72. The molecule has 20 heavy (non-hydrogen) atoms. The van der Waals surface area contributed by atoms with Crippen LogP contribution in [-0.4, -0.2) is 12.5 Å². The van der Waals surface area contributed by atoms with Gasteiger partial charge in [-0.1, -0.05) is 24.0 Å². The number of amides is 1. The summed E-state index contributed by atoms with van der Waals surface area (Å²) in [6.07, 6.45) is 0. The first kappa shape index (κ1) is 14.3. The number of aryl methyl sites for hydroxylation is 2. The highest BCUT2D eigenvalue weighted by molar-refractivity contribution is 7.14. The van der Waals surface area contributed by atoms with Crippen LogP contribution in [0.25, 0.3) is 0 Å². The van der Waals surface area contributed by atoms with Crippen molar-refractivity contribution in [2.75, 3.05) is 11.9 Å². The molecule has 0 unspecified atom stereocenters. The highest BCUT2D eigenvalue weighted by Crippen LogP contribution is 2.20. The minimum Gasteiger partial charge on any atom is -0.321 e. The van der Waals surface area contributed by atoms with E-state index in [-0.39, 0.29) is 5.91 Å². The van der Waals surface area contributed by atoms with Gasteiger partial charge in [0.15, 0.2) is 0 Å². The van der Waals surface area contributed by atoms with Gasteiger partial charge < -0.3 is 11.1 Å². The molecule has 0 aliphatic rings. The molecule has 0 atom stereocenters. The third kappa shape index (κ3) is 3.47. The maximum atomic E-state index is 12.2. The molecular formula is C16H16N2OS. The summed E-state index contributed by atoms with van der Waals surface area (Å²) >= 11 is 1.37. The van der Waals surface area contributed by atoms with Crippen LogP contribution in [0.15, 0.2) is 30.3 Å². The predicted molar refractivity (Wildman–Crippen MR) is 84.1 cm³/mol. The lowest BCUT2D eigenvalue weighted by molar-refractivity contribution is 0.103. The number of rotatable bonds is 2. The second-order valence-corrected chi connectivity index (χ2v) is 5.53. The van der Waals surface area contributed by atoms with E-state index in [0.29, 0.717) is 11.4 Å². The first-order chi connectivity index (χ1) is 9.60. The van der Waals surface area contributed by atoms with Crippen LogP contribution in [0.5, 0.6) is 0 Å². The van der Waals surface area contributed by atoms with Crippen LogP contribution in [0.3, 0.4) is 0 Å². The second-order valence-electron chi connectivity index (χ2n) is 4.44. The molecular weight excluding hydrogens is 268 g/mol. The van der Waals surface area contributed by atoms with Gasteiger partial charge >= 0.3 is 0 Å². The molecule has 2 rings (SSSR count). The number of nitrogens with one attached hydrogen (secondary N) is 1. The van der Waals surface area contributed by atoms with Crippen LogP contribution in [0.4, 0.5) is 5.69 Å². The average molecular weight is 284 g/mol. The maximum absolute atomic E-state index is 12.2. The minimum absolute atomic E-state index is 0.107. The molecule has 1 heterocycles. The summed E-state index contributed by atoms with van der Waals surface area (Å²) in [7, 11) is 0. The molecule has 0 fully saturated rings. The zero-order valence-corrected chi connectivity index (χ0v) is 12.3. The number of carbonyl (C=O) groups excluding carboxylic acids is 1. The number of benzene rings is 1. The maximum Gasteiger partial charge on any atom is 0.265 e. The van der Waals surface area contributed by atoms with Crippen LogP contribution in [0.1, 0.15) is 25.7 Å². The zero-order chi connectivity index (χ0) is 14.5. The Labute approximate surface area is 122 Å². The second kappa shape index (κ2) is 6.38. The van der Waals surface area contributed by atoms with Gasteiger partial charge in [-0.3, -0.25) is 4.79 Å². The molecule has 3 N–H and O–H groups in total. The van der Waals surface area contributed by atoms with Gasteiger partial charge in [0, 0.05) is 5.69 Å². The van der Waals surface area contributed by atoms with Crippen molar-refractivity contribution in [1.29, 1.82) is 0 Å². The van der Waals surface area contributed by atoms with Gasteiger partial charge in [0.1, 0.15) is 0 Å². The molecule has 0 radical (unpaired) electrons. The standard InChI is InChI=1S/C16H16N2OS/c1-11-5-6-12(2)14(10-11)18-16(19)15-8-7-13(20-15)4-3-9-17/h5-8,10H,9,17H2,1-2H3,(H,18,19). The summed E-state index contributed by atoms with van der Waals surface area (Å²) in [5.41, 5.74) is 8.34. The lowest BCUT2D eigenvalue weighted by Crippen LogP contribution is -2.11. The largest absolute Gasteiger partial charge is 0.321 e. The van der Waals surface area contributed by atoms with Crippen molar-refractivity contribution < 1.29 is 4.79 Å². The molecule has 3 nitrogen and oxygen atoms in total. The van der Waals surface area contributed by atoms with Crippen molar-refractivity contribution in [1.82, 2.24) is 0 Å². The number of anilines is 1. The molecule has 1 aromatic heterocycles. The fraction of sp³-hybridized carbons (Fsp3) is 0.188. The van der Waals surface area contributed by atoms with Crippen LogP contribution in [-0.2, 0) is 0 Å². The highest BCUT2D eigenvalue weighted by Gasteiger charge is 2.10. The van der Waals surface area contributed by atoms with E-state index >= 15 is 0 Å². The van der Waals surface area contributed by atoms with E-state index in [2.05, 4.69) is 17.2 Å². The van der Waals surface area contributed by atoms with Gasteiger partial charge in [-0.05, 0) is 43.2 Å². The number of thiophene rings is 1. The summed E-state index contributed by atoms with van der Waals surface area (Å²) in [4.78, 5) is 13.7. The zero-order valence-electron chi connectivity index (χ0n) is 11.5. The van der Waals surface area contributed by atoms with Crippen LogP contribution in [0.2, 0.25) is 0 Å². The molecule has 4 heteroatoms. The molecule has 0 aliphatic heterocycles. The fourth-order valence-corrected chi connectivity index (χ4v) is 2.50. The summed E-state index contributed by atoms with van der Waals surface area (Å²) < 4.78 is 0. The monoisotopic (exact) mass is 284 g/mol. The van der Waals surface area contributed by atoms with E-state index < -0.39 is 0 Å². The molecule has 2 aromatic rings. The van der Waals surface area contributed by atoms with Crippen molar-refractivity contribution in [3.63, 3.8) is 0 Å². The third-order valence-corrected chi connectivity index (χ3v) is 3.78. The van der Waals surface area contributed by atoms with Gasteiger partial charge in [0.2, 0.25) is 0 Å². The minimum atomic E-state index is -0.107. The van der Waals surface area contributed by atoms with Crippen LogP contribution < -0.4 is 11.1 Å². The van der Waals surface area contributed by atoms with Gasteiger partial charge in [0.25, 0.3) is 5.91 Å². The van der Waals surface area contributed by atoms with Crippen molar-refractivity contribution in [3.05, 3.63) is 51.2 Å². The van der Waals surface area contributed by atoms with Crippen molar-refractivity contribution in [3.8, 4) is 11.8 Å². The Bertz CT molecular complexity index is 692. The van der Waals surface area contributed by atoms with Gasteiger partial charge in [-0.25, -0.2) is 0 Å². The molecule has 102 valence electrons. The molecule has 0 bridgehead atoms. The number of carbonyl (C=O) groups is 1. The van der Waals surface area contributed by atoms with E-state index in [4.69, 9.17) is 5.73 Å². The number of hydrogen-bond acceptors (Lipinski definition) is 3. The van der Waals surface area contributed by atoms with E-state index in [1.807, 2.05) is 38.1 Å². The summed E-state index contributed by atoms with van der Waals surface area (Å²) in [6, 6.07) is 9.61. The van der Waals surface area contributed by atoms with Crippen molar-refractivity contribution in [2.24, 2.45) is 5.73 Å². The molecule has 1 aromatic carbocycles. The lowest BCUT2D eigenvalue weighted by Gasteiger charge is -2.08. The molecule has 1 amide bonds. The molecule has 0 aliphatic carbocycles. The van der Waals surface area contributed by atoms with Crippen LogP contribution >= 0.6 is 11.3 Å². The van der Waals surface area contributed by atoms with E-state index in [0.717, 1.165) is 21.7 Å². The summed E-state index contributed by atoms with van der Waals surface area (Å²) in [5.74, 6) is 5.60. The Hall–Kier alpha value is -2.09. The van der Waals surface area contributed by atoms with Gasteiger partial charge in [0.05, 0.1) is 16.3 Å². The number of hydrogen-bond donors (Lipinski definition) is 2. The SMILES string of the molecule is Cc1ccc(C)c(NC(=O)c2ccc(C#CCN)s2)c1. The summed E-state index contributed by atoms with van der Waals surface area (Å²) in [6.45, 7) is 4.30. The quantitative estimate of drug-likeness (QED) is 0.833. The predicted octanol–water partition coefficient (Wildman–Crippen LogP) is 2.93. The smallest absolute Gasteiger partial charge is 0.265 e. The van der Waals surface area contributed by atoms with Crippen LogP contribution in [0, 0.1) is 25.7 Å². The Morgan fingerprint density at radius 2 is 2.10 bits per heavy atom. The topological polar surface area (TPSA) is 55.1 Å². The van der Waals surface area contributed by atoms with Gasteiger partial charge in [-0.2, -0.15) is 0 Å². The summed E-state index contributed by atoms with van der Waals surface area (Å²) in [5, 5.41) is 2.94. The van der Waals surface area contributed by atoms with Crippen molar-refractivity contribution >= 4 is 22.9 Å². The van der Waals surface area contributed by atoms with E-state index in [1.165, 1.54) is 11.3 Å². The van der Waals surface area contributed by atoms with Crippen molar-refractivity contribution in [2.45, 2.75) is 13.8 Å². The van der Waals surface area contributed by atoms with Gasteiger partial charge in [-0.15, -0.1) is 11.3 Å². The normalized spacial score (nSPS) is 9.75. The molecule has 0 spiro atoms. The van der Waals surface area contributed by atoms with E-state index in [1.54, 1.807) is 6.07 Å².